The number of esters is 1. The van der Waals surface area contributed by atoms with Crippen LogP contribution in [0.4, 0.5) is 0 Å². The zero-order valence-electron chi connectivity index (χ0n) is 16.6. The summed E-state index contributed by atoms with van der Waals surface area (Å²) >= 11 is 0. The van der Waals surface area contributed by atoms with Crippen LogP contribution in [0.3, 0.4) is 0 Å². The van der Waals surface area contributed by atoms with Gasteiger partial charge in [0.1, 0.15) is 5.75 Å². The van der Waals surface area contributed by atoms with E-state index in [4.69, 9.17) is 4.74 Å². The predicted molar refractivity (Wildman–Crippen MR) is 110 cm³/mol. The molecule has 3 heteroatoms. The summed E-state index contributed by atoms with van der Waals surface area (Å²) in [6.07, 6.45) is 7.37. The molecule has 0 saturated heterocycles. The minimum Gasteiger partial charge on any atom is -0.423 e. The largest absolute Gasteiger partial charge is 0.423 e. The maximum atomic E-state index is 12.3. The van der Waals surface area contributed by atoms with Crippen molar-refractivity contribution < 1.29 is 9.53 Å². The van der Waals surface area contributed by atoms with Crippen molar-refractivity contribution in [1.29, 1.82) is 0 Å². The van der Waals surface area contributed by atoms with E-state index in [1.54, 1.807) is 17.7 Å². The molecule has 0 radical (unpaired) electrons. The summed E-state index contributed by atoms with van der Waals surface area (Å²) in [5.74, 6) is 0.676. The Bertz CT molecular complexity index is 788. The third kappa shape index (κ3) is 5.30. The molecule has 0 saturated carbocycles. The topological polar surface area (TPSA) is 29.5 Å². The first-order valence-electron chi connectivity index (χ1n) is 9.75. The van der Waals surface area contributed by atoms with Crippen molar-refractivity contribution in [3.63, 3.8) is 0 Å². The smallest absolute Gasteiger partial charge is 0.343 e. The van der Waals surface area contributed by atoms with E-state index in [0.717, 1.165) is 12.1 Å². The van der Waals surface area contributed by atoms with Gasteiger partial charge < -0.3 is 9.64 Å². The van der Waals surface area contributed by atoms with Gasteiger partial charge in [0.2, 0.25) is 0 Å². The number of nitrogens with zero attached hydrogens (tertiary/aromatic N) is 1. The highest BCUT2D eigenvalue weighted by atomic mass is 16.5. The van der Waals surface area contributed by atoms with Crippen LogP contribution < -0.4 is 4.74 Å². The first kappa shape index (κ1) is 19.4. The van der Waals surface area contributed by atoms with E-state index in [2.05, 4.69) is 37.2 Å². The Balaban J connectivity index is 1.73. The van der Waals surface area contributed by atoms with Gasteiger partial charge in [0.25, 0.3) is 0 Å². The lowest BCUT2D eigenvalue weighted by molar-refractivity contribution is 0.0734. The third-order valence-corrected chi connectivity index (χ3v) is 5.10. The number of likely N-dealkylation sites (N-methyl/N-ethyl adjacent to an activating group) is 1. The quantitative estimate of drug-likeness (QED) is 0.393. The summed E-state index contributed by atoms with van der Waals surface area (Å²) in [5.41, 5.74) is 4.52. The molecule has 27 heavy (non-hydrogen) atoms. The van der Waals surface area contributed by atoms with Crippen molar-refractivity contribution >= 4 is 5.97 Å². The molecule has 2 aromatic carbocycles. The highest BCUT2D eigenvalue weighted by Gasteiger charge is 2.19. The van der Waals surface area contributed by atoms with Crippen molar-refractivity contribution in [2.24, 2.45) is 0 Å². The first-order valence-corrected chi connectivity index (χ1v) is 9.75. The van der Waals surface area contributed by atoms with Gasteiger partial charge in [-0.05, 0) is 76.5 Å². The van der Waals surface area contributed by atoms with Gasteiger partial charge in [-0.3, -0.25) is 0 Å². The number of ether oxygens (including phenoxy) is 1. The zero-order chi connectivity index (χ0) is 19.2. The van der Waals surface area contributed by atoms with Crippen LogP contribution in [0.2, 0.25) is 0 Å². The van der Waals surface area contributed by atoms with E-state index < -0.39 is 0 Å². The Morgan fingerprint density at radius 3 is 2.33 bits per heavy atom. The lowest BCUT2D eigenvalue weighted by atomic mass is 9.84. The van der Waals surface area contributed by atoms with Crippen molar-refractivity contribution in [1.82, 2.24) is 4.90 Å². The molecule has 0 aliphatic heterocycles. The van der Waals surface area contributed by atoms with Gasteiger partial charge in [0.15, 0.2) is 0 Å². The summed E-state index contributed by atoms with van der Waals surface area (Å²) in [4.78, 5) is 14.5. The summed E-state index contributed by atoms with van der Waals surface area (Å²) in [6, 6.07) is 15.5. The molecule has 3 nitrogen and oxygen atoms in total. The van der Waals surface area contributed by atoms with Crippen molar-refractivity contribution in [2.75, 3.05) is 20.6 Å². The van der Waals surface area contributed by atoms with Gasteiger partial charge in [0.05, 0.1) is 5.56 Å². The van der Waals surface area contributed by atoms with E-state index in [1.165, 1.54) is 31.2 Å². The fourth-order valence-electron chi connectivity index (χ4n) is 3.61. The molecule has 0 spiro atoms. The number of rotatable bonds is 6. The van der Waals surface area contributed by atoms with Crippen LogP contribution in [0.15, 0.2) is 60.2 Å². The molecule has 0 N–H and O–H groups in total. The second-order valence-electron chi connectivity index (χ2n) is 7.66. The molecular formula is C24H29NO2. The van der Waals surface area contributed by atoms with Gasteiger partial charge in [-0.15, -0.1) is 0 Å². The lowest BCUT2D eigenvalue weighted by Crippen LogP contribution is -2.22. The second kappa shape index (κ2) is 9.01. The van der Waals surface area contributed by atoms with E-state index >= 15 is 0 Å². The molecular weight excluding hydrogens is 334 g/mol. The van der Waals surface area contributed by atoms with Crippen LogP contribution in [0, 0.1) is 6.92 Å². The zero-order valence-corrected chi connectivity index (χ0v) is 16.6. The van der Waals surface area contributed by atoms with Crippen LogP contribution in [0.5, 0.6) is 5.75 Å². The van der Waals surface area contributed by atoms with E-state index in [9.17, 15) is 4.79 Å². The van der Waals surface area contributed by atoms with E-state index in [1.807, 2.05) is 31.2 Å². The fraction of sp³-hybridized carbons (Fsp3) is 0.375. The van der Waals surface area contributed by atoms with Crippen LogP contribution in [0.1, 0.15) is 53.1 Å². The second-order valence-corrected chi connectivity index (χ2v) is 7.66. The molecule has 1 aliphatic carbocycles. The number of allylic oxidation sites excluding steroid dienone is 1. The van der Waals surface area contributed by atoms with Gasteiger partial charge in [-0.25, -0.2) is 4.79 Å². The average molecular weight is 364 g/mol. The average Bonchev–Trinajstić information content (AvgIpc) is 2.68. The molecule has 0 amide bonds. The highest BCUT2D eigenvalue weighted by Crippen LogP contribution is 2.33. The maximum absolute atomic E-state index is 12.3. The van der Waals surface area contributed by atoms with Crippen molar-refractivity contribution in [2.45, 2.75) is 38.5 Å². The summed E-state index contributed by atoms with van der Waals surface area (Å²) in [7, 11) is 4.24. The molecule has 142 valence electrons. The summed E-state index contributed by atoms with van der Waals surface area (Å²) in [5, 5.41) is 0. The predicted octanol–water partition coefficient (Wildman–Crippen LogP) is 5.36. The lowest BCUT2D eigenvalue weighted by Gasteiger charge is -2.26. The number of benzene rings is 2. The Kier molecular flexibility index (Phi) is 6.46. The molecule has 0 bridgehead atoms. The monoisotopic (exact) mass is 363 g/mol. The van der Waals surface area contributed by atoms with Gasteiger partial charge >= 0.3 is 5.97 Å². The van der Waals surface area contributed by atoms with Crippen LogP contribution >= 0.6 is 0 Å². The minimum absolute atomic E-state index is 0.317. The standard InChI is InChI=1S/C24H29NO2/c1-18-9-11-21(12-10-18)24(26)27-22-15-13-20(14-16-22)23(17-25(2)3)19-7-5-4-6-8-19/h7,9-16,23H,4-6,8,17H2,1-3H3. The normalized spacial score (nSPS) is 15.3. The van der Waals surface area contributed by atoms with Crippen molar-refractivity contribution in [3.05, 3.63) is 76.9 Å². The van der Waals surface area contributed by atoms with Gasteiger partial charge in [-0.2, -0.15) is 0 Å². The number of hydrogen-bond acceptors (Lipinski definition) is 3. The summed E-state index contributed by atoms with van der Waals surface area (Å²) < 4.78 is 5.54. The molecule has 2 aromatic rings. The maximum Gasteiger partial charge on any atom is 0.343 e. The van der Waals surface area contributed by atoms with Crippen molar-refractivity contribution in [3.8, 4) is 5.75 Å². The molecule has 1 atom stereocenters. The van der Waals surface area contributed by atoms with Crippen LogP contribution in [0.25, 0.3) is 0 Å². The Labute approximate surface area is 162 Å². The fourth-order valence-corrected chi connectivity index (χ4v) is 3.61. The Hall–Kier alpha value is -2.39. The Morgan fingerprint density at radius 2 is 1.74 bits per heavy atom. The SMILES string of the molecule is Cc1ccc(C(=O)Oc2ccc(C(CN(C)C)C3=CCCCC3)cc2)cc1. The number of hydrogen-bond donors (Lipinski definition) is 0. The first-order chi connectivity index (χ1) is 13.0. The van der Waals surface area contributed by atoms with E-state index in [-0.39, 0.29) is 5.97 Å². The Morgan fingerprint density at radius 1 is 1.04 bits per heavy atom. The van der Waals surface area contributed by atoms with E-state index in [0.29, 0.717) is 17.2 Å². The molecule has 1 unspecified atom stereocenters. The van der Waals surface area contributed by atoms with Crippen LogP contribution in [-0.2, 0) is 0 Å². The molecule has 0 aromatic heterocycles. The molecule has 1 aliphatic rings. The molecule has 0 fully saturated rings. The number of carbonyl (C=O) groups is 1. The van der Waals surface area contributed by atoms with Crippen LogP contribution in [-0.4, -0.2) is 31.5 Å². The van der Waals surface area contributed by atoms with Gasteiger partial charge in [0, 0.05) is 12.5 Å². The molecule has 0 heterocycles. The highest BCUT2D eigenvalue weighted by molar-refractivity contribution is 5.91. The van der Waals surface area contributed by atoms with Gasteiger partial charge in [-0.1, -0.05) is 41.5 Å². The third-order valence-electron chi connectivity index (χ3n) is 5.10. The number of carbonyl (C=O) groups excluding carboxylic acids is 1. The minimum atomic E-state index is -0.317. The number of aryl methyl sites for hydroxylation is 1. The molecule has 3 rings (SSSR count). The summed E-state index contributed by atoms with van der Waals surface area (Å²) in [6.45, 7) is 2.99.